The Morgan fingerprint density at radius 1 is 1.14 bits per heavy atom. The molecule has 4 unspecified atom stereocenters. The van der Waals surface area contributed by atoms with Gasteiger partial charge in [-0.2, -0.15) is 0 Å². The van der Waals surface area contributed by atoms with Gasteiger partial charge in [0.05, 0.1) is 0 Å². The van der Waals surface area contributed by atoms with Gasteiger partial charge in [0.25, 0.3) is 0 Å². The van der Waals surface area contributed by atoms with E-state index in [2.05, 4.69) is 33.0 Å². The van der Waals surface area contributed by atoms with Crippen LogP contribution in [0.5, 0.6) is 11.5 Å². The van der Waals surface area contributed by atoms with Crippen molar-refractivity contribution >= 4 is 0 Å². The number of hydrogen-bond acceptors (Lipinski definition) is 3. The van der Waals surface area contributed by atoms with E-state index in [-0.39, 0.29) is 17.5 Å². The highest BCUT2D eigenvalue weighted by Gasteiger charge is 2.59. The van der Waals surface area contributed by atoms with Gasteiger partial charge in [-0.15, -0.1) is 0 Å². The van der Waals surface area contributed by atoms with Crippen LogP contribution in [-0.2, 0) is 0 Å². The lowest BCUT2D eigenvalue weighted by molar-refractivity contribution is 0.100. The van der Waals surface area contributed by atoms with Crippen LogP contribution in [0.3, 0.4) is 0 Å². The molecule has 3 N–H and O–H groups in total. The predicted molar refractivity (Wildman–Crippen MR) is 84.3 cm³/mol. The second-order valence-electron chi connectivity index (χ2n) is 8.02. The summed E-state index contributed by atoms with van der Waals surface area (Å²) in [5, 5.41) is 23.1. The molecule has 2 aliphatic carbocycles. The molecule has 2 fully saturated rings. The monoisotopic (exact) mass is 289 g/mol. The van der Waals surface area contributed by atoms with Crippen molar-refractivity contribution in [2.75, 3.05) is 0 Å². The number of rotatable bonds is 3. The normalized spacial score (nSPS) is 35.0. The van der Waals surface area contributed by atoms with Crippen LogP contribution in [0.15, 0.2) is 18.2 Å². The first-order valence-electron chi connectivity index (χ1n) is 8.01. The quantitative estimate of drug-likeness (QED) is 0.789. The van der Waals surface area contributed by atoms with E-state index in [0.717, 1.165) is 11.5 Å². The summed E-state index contributed by atoms with van der Waals surface area (Å²) in [4.78, 5) is 0. The zero-order valence-corrected chi connectivity index (χ0v) is 13.5. The largest absolute Gasteiger partial charge is 0.508 e. The summed E-state index contributed by atoms with van der Waals surface area (Å²) >= 11 is 0. The molecular formula is C18H27NO2. The minimum Gasteiger partial charge on any atom is -0.508 e. The van der Waals surface area contributed by atoms with Gasteiger partial charge in [-0.1, -0.05) is 20.8 Å². The predicted octanol–water partition coefficient (Wildman–Crippen LogP) is 3.96. The van der Waals surface area contributed by atoms with Gasteiger partial charge in [-0.3, -0.25) is 0 Å². The number of aromatic hydroxyl groups is 2. The topological polar surface area (TPSA) is 52.5 Å². The maximum atomic E-state index is 9.67. The highest BCUT2D eigenvalue weighted by atomic mass is 16.3. The average Bonchev–Trinajstić information content (AvgIpc) is 2.84. The Balaban J connectivity index is 1.83. The van der Waals surface area contributed by atoms with Crippen molar-refractivity contribution in [2.45, 2.75) is 59.0 Å². The van der Waals surface area contributed by atoms with Crippen LogP contribution in [0.2, 0.25) is 0 Å². The number of phenolic OH excluding ortho intramolecular Hbond substituents is 2. The van der Waals surface area contributed by atoms with Crippen molar-refractivity contribution in [3.05, 3.63) is 23.8 Å². The highest BCUT2D eigenvalue weighted by Crippen LogP contribution is 2.62. The standard InChI is InChI=1S/C18H27NO2/c1-11(12-7-14(20)9-15(21)8-12)19-16-17(2,3)13-5-6-18(16,4)10-13/h7-9,11,13,16,19-21H,5-6,10H2,1-4H3. The molecule has 0 spiro atoms. The highest BCUT2D eigenvalue weighted by molar-refractivity contribution is 5.38. The summed E-state index contributed by atoms with van der Waals surface area (Å²) in [7, 11) is 0. The van der Waals surface area contributed by atoms with Crippen LogP contribution in [0, 0.1) is 16.7 Å². The molecule has 3 heteroatoms. The molecule has 2 saturated carbocycles. The maximum Gasteiger partial charge on any atom is 0.119 e. The van der Waals surface area contributed by atoms with Crippen LogP contribution in [0.25, 0.3) is 0 Å². The van der Waals surface area contributed by atoms with Crippen LogP contribution in [0.1, 0.15) is 58.6 Å². The molecule has 0 aliphatic heterocycles. The van der Waals surface area contributed by atoms with E-state index >= 15 is 0 Å². The molecule has 1 aromatic carbocycles. The number of hydrogen-bond donors (Lipinski definition) is 3. The summed E-state index contributed by atoms with van der Waals surface area (Å²) in [6, 6.07) is 5.44. The molecule has 0 saturated heterocycles. The van der Waals surface area contributed by atoms with Gasteiger partial charge in [0.1, 0.15) is 11.5 Å². The lowest BCUT2D eigenvalue weighted by Gasteiger charge is -2.44. The lowest BCUT2D eigenvalue weighted by atomic mass is 9.68. The molecule has 4 atom stereocenters. The number of fused-ring (bicyclic) bond motifs is 2. The fourth-order valence-electron chi connectivity index (χ4n) is 4.93. The third-order valence-corrected chi connectivity index (χ3v) is 6.11. The molecule has 0 heterocycles. The van der Waals surface area contributed by atoms with Gasteiger partial charge in [0.15, 0.2) is 0 Å². The smallest absolute Gasteiger partial charge is 0.119 e. The van der Waals surface area contributed by atoms with Gasteiger partial charge in [-0.25, -0.2) is 0 Å². The van der Waals surface area contributed by atoms with Crippen LogP contribution < -0.4 is 5.32 Å². The van der Waals surface area contributed by atoms with Gasteiger partial charge in [-0.05, 0) is 60.6 Å². The summed E-state index contributed by atoms with van der Waals surface area (Å²) in [6.45, 7) is 9.28. The van der Waals surface area contributed by atoms with Crippen molar-refractivity contribution in [3.63, 3.8) is 0 Å². The van der Waals surface area contributed by atoms with E-state index in [0.29, 0.717) is 16.9 Å². The molecule has 3 nitrogen and oxygen atoms in total. The number of phenols is 2. The summed E-state index contributed by atoms with van der Waals surface area (Å²) < 4.78 is 0. The van der Waals surface area contributed by atoms with Crippen molar-refractivity contribution in [1.29, 1.82) is 0 Å². The first-order valence-corrected chi connectivity index (χ1v) is 8.01. The van der Waals surface area contributed by atoms with Crippen molar-refractivity contribution in [3.8, 4) is 11.5 Å². The Labute approximate surface area is 127 Å². The van der Waals surface area contributed by atoms with Gasteiger partial charge in [0.2, 0.25) is 0 Å². The summed E-state index contributed by atoms with van der Waals surface area (Å²) in [6.07, 6.45) is 3.97. The molecule has 1 aromatic rings. The van der Waals surface area contributed by atoms with E-state index in [1.165, 1.54) is 25.3 Å². The fourth-order valence-corrected chi connectivity index (χ4v) is 4.93. The molecule has 116 valence electrons. The first kappa shape index (κ1) is 14.7. The van der Waals surface area contributed by atoms with Gasteiger partial charge >= 0.3 is 0 Å². The Bertz CT molecular complexity index is 529. The molecule has 2 aliphatic rings. The second kappa shape index (κ2) is 4.64. The number of benzene rings is 1. The first-order chi connectivity index (χ1) is 9.72. The molecule has 0 aromatic heterocycles. The van der Waals surface area contributed by atoms with E-state index < -0.39 is 0 Å². The van der Waals surface area contributed by atoms with Crippen LogP contribution in [0.4, 0.5) is 0 Å². The fraction of sp³-hybridized carbons (Fsp3) is 0.667. The van der Waals surface area contributed by atoms with Crippen molar-refractivity contribution in [1.82, 2.24) is 5.32 Å². The minimum absolute atomic E-state index is 0.114. The van der Waals surface area contributed by atoms with E-state index in [9.17, 15) is 10.2 Å². The van der Waals surface area contributed by atoms with Gasteiger partial charge < -0.3 is 15.5 Å². The molecule has 2 bridgehead atoms. The zero-order chi connectivity index (χ0) is 15.4. The summed E-state index contributed by atoms with van der Waals surface area (Å²) in [5.41, 5.74) is 1.62. The molecule has 3 rings (SSSR count). The van der Waals surface area contributed by atoms with E-state index in [1.807, 2.05) is 0 Å². The van der Waals surface area contributed by atoms with Crippen LogP contribution >= 0.6 is 0 Å². The third-order valence-electron chi connectivity index (χ3n) is 6.11. The molecular weight excluding hydrogens is 262 g/mol. The van der Waals surface area contributed by atoms with E-state index in [1.54, 1.807) is 12.1 Å². The minimum atomic E-state index is 0.114. The van der Waals surface area contributed by atoms with Gasteiger partial charge in [0, 0.05) is 18.2 Å². The SMILES string of the molecule is CC(NC1C2(C)CCC(C2)C1(C)C)c1cc(O)cc(O)c1. The van der Waals surface area contributed by atoms with Crippen LogP contribution in [-0.4, -0.2) is 16.3 Å². The Morgan fingerprint density at radius 2 is 1.76 bits per heavy atom. The molecule has 21 heavy (non-hydrogen) atoms. The molecule has 0 radical (unpaired) electrons. The number of nitrogens with one attached hydrogen (secondary N) is 1. The van der Waals surface area contributed by atoms with Crippen molar-refractivity contribution < 1.29 is 10.2 Å². The maximum absolute atomic E-state index is 9.67. The summed E-state index contributed by atoms with van der Waals surface area (Å²) in [5.74, 6) is 1.05. The Hall–Kier alpha value is -1.22. The molecule has 0 amide bonds. The Morgan fingerprint density at radius 3 is 2.29 bits per heavy atom. The zero-order valence-electron chi connectivity index (χ0n) is 13.5. The average molecular weight is 289 g/mol. The Kier molecular flexibility index (Phi) is 3.25. The third kappa shape index (κ3) is 2.32. The van der Waals surface area contributed by atoms with E-state index in [4.69, 9.17) is 0 Å². The lowest BCUT2D eigenvalue weighted by Crippen LogP contribution is -2.50. The second-order valence-corrected chi connectivity index (χ2v) is 8.02. The van der Waals surface area contributed by atoms with Crippen molar-refractivity contribution in [2.24, 2.45) is 16.7 Å².